The molecule has 1 fully saturated rings. The number of ketones is 1. The number of nitrogens with one attached hydrogen (secondary N) is 7. The van der Waals surface area contributed by atoms with Gasteiger partial charge in [-0.15, -0.1) is 0 Å². The second-order valence-electron chi connectivity index (χ2n) is 15.1. The van der Waals surface area contributed by atoms with E-state index in [9.17, 15) is 58.2 Å². The molecule has 0 aromatic heterocycles. The third-order valence-electron chi connectivity index (χ3n) is 9.87. The fourth-order valence-corrected chi connectivity index (χ4v) is 6.53. The minimum atomic E-state index is -2.11. The van der Waals surface area contributed by atoms with Crippen molar-refractivity contribution in [3.05, 3.63) is 29.8 Å². The second kappa shape index (κ2) is 27.6. The molecule has 0 spiro atoms. The Morgan fingerprint density at radius 2 is 1.23 bits per heavy atom. The predicted octanol–water partition coefficient (Wildman–Crippen LogP) is -3.44. The van der Waals surface area contributed by atoms with Gasteiger partial charge in [-0.05, 0) is 24.1 Å². The molecule has 9 amide bonds. The number of benzene rings is 1. The van der Waals surface area contributed by atoms with Gasteiger partial charge in [-0.2, -0.15) is 0 Å². The average molecular weight is 875 g/mol. The summed E-state index contributed by atoms with van der Waals surface area (Å²) in [6.45, 7) is 0.286. The molecule has 1 aromatic carbocycles. The number of hydrogen-bond acceptors (Lipinski definition) is 13. The van der Waals surface area contributed by atoms with Crippen molar-refractivity contribution in [3.8, 4) is 5.75 Å². The van der Waals surface area contributed by atoms with Gasteiger partial charge in [0.15, 0.2) is 11.8 Å². The number of nitrogens with two attached hydrogens (primary N) is 3. The Kier molecular flexibility index (Phi) is 23.2. The Labute approximate surface area is 359 Å². The largest absolute Gasteiger partial charge is 0.508 e. The summed E-state index contributed by atoms with van der Waals surface area (Å²) in [4.78, 5) is 131. The monoisotopic (exact) mass is 874 g/mol. The van der Waals surface area contributed by atoms with Gasteiger partial charge in [0.25, 0.3) is 5.91 Å². The molecule has 0 unspecified atom stereocenters. The van der Waals surface area contributed by atoms with Crippen LogP contribution in [0.1, 0.15) is 96.0 Å². The van der Waals surface area contributed by atoms with Crippen molar-refractivity contribution in [2.24, 2.45) is 17.2 Å². The first kappa shape index (κ1) is 52.0. The topological polar surface area (TPSA) is 373 Å². The zero-order chi connectivity index (χ0) is 46.2. The molecular formula is C40H62N10O12. The first-order valence-electron chi connectivity index (χ1n) is 20.7. The van der Waals surface area contributed by atoms with Crippen LogP contribution in [0.3, 0.4) is 0 Å². The van der Waals surface area contributed by atoms with E-state index < -0.39 is 128 Å². The van der Waals surface area contributed by atoms with Gasteiger partial charge >= 0.3 is 0 Å². The summed E-state index contributed by atoms with van der Waals surface area (Å²) in [5.41, 5.74) is 16.5. The number of aliphatic hydroxyl groups is 1. The van der Waals surface area contributed by atoms with Crippen molar-refractivity contribution >= 4 is 58.9 Å². The molecule has 2 rings (SSSR count). The van der Waals surface area contributed by atoms with Crippen molar-refractivity contribution in [2.75, 3.05) is 19.7 Å². The van der Waals surface area contributed by atoms with Gasteiger partial charge in [0.2, 0.25) is 47.3 Å². The van der Waals surface area contributed by atoms with E-state index in [1.807, 2.05) is 0 Å². The quantitative estimate of drug-likeness (QED) is 0.0449. The minimum Gasteiger partial charge on any atom is -0.508 e. The van der Waals surface area contributed by atoms with Crippen LogP contribution in [-0.4, -0.2) is 125 Å². The van der Waals surface area contributed by atoms with Crippen LogP contribution in [0.15, 0.2) is 24.3 Å². The highest BCUT2D eigenvalue weighted by Crippen LogP contribution is 2.13. The predicted molar refractivity (Wildman–Crippen MR) is 222 cm³/mol. The van der Waals surface area contributed by atoms with Crippen LogP contribution in [0.2, 0.25) is 0 Å². The van der Waals surface area contributed by atoms with E-state index in [1.54, 1.807) is 0 Å². The summed E-state index contributed by atoms with van der Waals surface area (Å²) in [6, 6.07) is -5.18. The van der Waals surface area contributed by atoms with Gasteiger partial charge < -0.3 is 59.3 Å². The molecule has 0 aliphatic carbocycles. The lowest BCUT2D eigenvalue weighted by atomic mass is 9.99. The zero-order valence-corrected chi connectivity index (χ0v) is 35.0. The summed E-state index contributed by atoms with van der Waals surface area (Å²) >= 11 is 0. The lowest BCUT2D eigenvalue weighted by Gasteiger charge is -2.28. The van der Waals surface area contributed by atoms with E-state index in [0.717, 1.165) is 38.5 Å². The van der Waals surface area contributed by atoms with Crippen LogP contribution in [0, 0.1) is 0 Å². The Balaban J connectivity index is 2.52. The zero-order valence-electron chi connectivity index (χ0n) is 35.0. The average Bonchev–Trinajstić information content (AvgIpc) is 3.21. The number of amides is 9. The number of aliphatic hydroxyl groups excluding tert-OH is 1. The molecule has 22 heteroatoms. The molecule has 1 heterocycles. The van der Waals surface area contributed by atoms with E-state index in [1.165, 1.54) is 43.5 Å². The summed E-state index contributed by atoms with van der Waals surface area (Å²) in [7, 11) is 0. The van der Waals surface area contributed by atoms with Gasteiger partial charge in [-0.3, -0.25) is 53.3 Å². The first-order valence-corrected chi connectivity index (χ1v) is 20.7. The van der Waals surface area contributed by atoms with Crippen molar-refractivity contribution in [2.45, 2.75) is 133 Å². The number of primary amides is 3. The summed E-state index contributed by atoms with van der Waals surface area (Å²) in [5, 5.41) is 36.3. The van der Waals surface area contributed by atoms with Crippen molar-refractivity contribution < 1.29 is 58.2 Å². The molecule has 1 aromatic rings. The van der Waals surface area contributed by atoms with E-state index in [2.05, 4.69) is 44.1 Å². The number of rotatable bonds is 20. The molecular weight excluding hydrogens is 812 g/mol. The van der Waals surface area contributed by atoms with Crippen LogP contribution < -0.4 is 54.4 Å². The van der Waals surface area contributed by atoms with Gasteiger partial charge in [0.1, 0.15) is 23.9 Å². The fraction of sp³-hybridized carbons (Fsp3) is 0.600. The number of hydrogen-bond donors (Lipinski definition) is 12. The van der Waals surface area contributed by atoms with E-state index in [4.69, 9.17) is 17.2 Å². The number of Topliss-reactive ketones (excluding diaryl/α,β-unsaturated/α-hetero) is 1. The molecule has 0 bridgehead atoms. The molecule has 0 saturated carbocycles. The number of carbonyl (C=O) groups excluding carboxylic acids is 10. The lowest BCUT2D eigenvalue weighted by molar-refractivity contribution is -0.138. The van der Waals surface area contributed by atoms with Crippen LogP contribution in [0.4, 0.5) is 0 Å². The molecule has 1 saturated heterocycles. The number of aromatic hydroxyl groups is 1. The fourth-order valence-electron chi connectivity index (χ4n) is 6.53. The molecule has 22 nitrogen and oxygen atoms in total. The maximum absolute atomic E-state index is 13.9. The Morgan fingerprint density at radius 3 is 1.79 bits per heavy atom. The number of carbonyl (C=O) groups is 10. The third kappa shape index (κ3) is 19.5. The number of phenols is 1. The molecule has 62 heavy (non-hydrogen) atoms. The van der Waals surface area contributed by atoms with Gasteiger partial charge in [0, 0.05) is 19.4 Å². The normalized spacial score (nSPS) is 22.2. The number of phenolic OH excluding ortho intramolecular Hbond substituents is 1. The van der Waals surface area contributed by atoms with E-state index in [-0.39, 0.29) is 18.7 Å². The smallest absolute Gasteiger partial charge is 0.252 e. The Hall–Kier alpha value is -6.16. The third-order valence-corrected chi connectivity index (χ3v) is 9.87. The first-order chi connectivity index (χ1) is 29.4. The van der Waals surface area contributed by atoms with Gasteiger partial charge in [-0.1, -0.05) is 76.8 Å². The van der Waals surface area contributed by atoms with Gasteiger partial charge in [0.05, 0.1) is 38.1 Å². The van der Waals surface area contributed by atoms with Crippen LogP contribution >= 0.6 is 0 Å². The maximum atomic E-state index is 13.9. The van der Waals surface area contributed by atoms with Crippen molar-refractivity contribution in [3.63, 3.8) is 0 Å². The molecule has 344 valence electrons. The summed E-state index contributed by atoms with van der Waals surface area (Å²) in [6.07, 6.45) is 7.56. The van der Waals surface area contributed by atoms with Crippen LogP contribution in [-0.2, 0) is 54.4 Å². The molecule has 1 aliphatic rings. The Bertz CT molecular complexity index is 1730. The lowest BCUT2D eigenvalue weighted by Crippen LogP contribution is -2.61. The standard InChI is InChI=1S/C40H62N10O12/c1-2-3-4-5-6-7-8-9-10-11-16-44-37(59)28-20-32(55)47-26(17-23-12-14-24(52)15-13-23)39(61)50-34(36(43)58)40(62)45-21-33(56)48-27(19-31(42)54)38(60)49-29(22-51)35(57)25(46-28)18-30(41)53/h12-15,25-29,34,46,51-52H,2-11,16-22H2,1H3,(H2,41,53)(H2,42,54)(H2,43,58)(H,44,59)(H,45,62)(H,47,55)(H,48,56)(H,49,60)(H,50,61)/t25-,26+,27-,28-,29-,34+/m0/s1. The molecule has 15 N–H and O–H groups in total. The SMILES string of the molecule is CCCCCCCCCCCCNC(=O)[C@@H]1CC(=O)N[C@H](Cc2ccc(O)cc2)C(=O)N[C@H](C(N)=O)C(=O)NCC(=O)N[C@@H](CC(N)=O)C(=O)N[C@@H](CO)C(=O)[C@H](CC(N)=O)N1. The highest BCUT2D eigenvalue weighted by Gasteiger charge is 2.37. The minimum absolute atomic E-state index is 0.116. The Morgan fingerprint density at radius 1 is 0.677 bits per heavy atom. The number of unbranched alkanes of at least 4 members (excludes halogenated alkanes) is 9. The summed E-state index contributed by atoms with van der Waals surface area (Å²) < 4.78 is 0. The van der Waals surface area contributed by atoms with Crippen LogP contribution in [0.25, 0.3) is 0 Å². The summed E-state index contributed by atoms with van der Waals surface area (Å²) in [5.74, 6) is -11.2. The molecule has 6 atom stereocenters. The molecule has 0 radical (unpaired) electrons. The molecule has 1 aliphatic heterocycles. The van der Waals surface area contributed by atoms with Crippen molar-refractivity contribution in [1.29, 1.82) is 0 Å². The maximum Gasteiger partial charge on any atom is 0.252 e. The van der Waals surface area contributed by atoms with E-state index in [0.29, 0.717) is 12.0 Å². The second-order valence-corrected chi connectivity index (χ2v) is 15.1. The highest BCUT2D eigenvalue weighted by atomic mass is 16.3. The highest BCUT2D eigenvalue weighted by molar-refractivity contribution is 6.08. The van der Waals surface area contributed by atoms with Crippen molar-refractivity contribution in [1.82, 2.24) is 37.2 Å². The van der Waals surface area contributed by atoms with E-state index >= 15 is 0 Å². The van der Waals surface area contributed by atoms with Crippen LogP contribution in [0.5, 0.6) is 5.75 Å². The van der Waals surface area contributed by atoms with Gasteiger partial charge in [-0.25, -0.2) is 0 Å².